The zero-order chi connectivity index (χ0) is 35.4. The highest BCUT2D eigenvalue weighted by atomic mass is 127. The van der Waals surface area contributed by atoms with Gasteiger partial charge in [-0.1, -0.05) is 39.9 Å². The minimum atomic E-state index is -1.68. The van der Waals surface area contributed by atoms with Crippen molar-refractivity contribution in [1.29, 1.82) is 0 Å². The number of nitrogens with one attached hydrogen (secondary N) is 2. The second kappa shape index (κ2) is 15.1. The molecule has 258 valence electrons. The average Bonchev–Trinajstić information content (AvgIpc) is 3.48. The van der Waals surface area contributed by atoms with Crippen molar-refractivity contribution in [3.63, 3.8) is 0 Å². The number of nitrogens with zero attached hydrogens (tertiary/aromatic N) is 3. The van der Waals surface area contributed by atoms with Crippen molar-refractivity contribution in [1.82, 2.24) is 15.2 Å². The van der Waals surface area contributed by atoms with Crippen molar-refractivity contribution in [2.45, 2.75) is 63.8 Å². The molecule has 48 heavy (non-hydrogen) atoms. The number of amides is 3. The van der Waals surface area contributed by atoms with Crippen LogP contribution in [0.4, 0.5) is 9.93 Å². The first-order valence-electron chi connectivity index (χ1n) is 14.3. The van der Waals surface area contributed by atoms with E-state index in [2.05, 4.69) is 20.8 Å². The third-order valence-electron chi connectivity index (χ3n) is 6.60. The van der Waals surface area contributed by atoms with Crippen LogP contribution in [0.25, 0.3) is 0 Å². The molecule has 4 rings (SSSR count). The van der Waals surface area contributed by atoms with Crippen LogP contribution in [0, 0.1) is 0 Å². The maximum atomic E-state index is 13.6. The van der Waals surface area contributed by atoms with E-state index in [1.54, 1.807) is 45.0 Å². The number of thiazole rings is 1. The van der Waals surface area contributed by atoms with Crippen molar-refractivity contribution >= 4 is 85.7 Å². The van der Waals surface area contributed by atoms with Crippen LogP contribution in [0.15, 0.2) is 46.1 Å². The number of carbonyl (C=O) groups excluding carboxylic acids is 5. The van der Waals surface area contributed by atoms with Gasteiger partial charge in [0.1, 0.15) is 40.8 Å². The summed E-state index contributed by atoms with van der Waals surface area (Å²) in [5.41, 5.74) is -1.51. The fourth-order valence-electron chi connectivity index (χ4n) is 4.31. The molecule has 1 aromatic carbocycles. The van der Waals surface area contributed by atoms with E-state index >= 15 is 0 Å². The number of methoxy groups -OCH3 is 1. The minimum Gasteiger partial charge on any atom is -0.497 e. The molecule has 3 atom stereocenters. The smallest absolute Gasteiger partial charge is 0.413 e. The van der Waals surface area contributed by atoms with Crippen LogP contribution in [-0.4, -0.2) is 89.9 Å². The molecule has 0 bridgehead atoms. The standard InChI is InChI=1S/C30H34IN5O10S2/c1-29(2,3)45-28(41)34-27-32-19(13-47-27)20(35-46-30(4,5)15-37)23(38)33-21-24(39)36-22(17(11-31)14-48(42)25(21)36)26(40)44-12-16-7-9-18(43-6)10-8-16/h7-10,13,15,21,25H,11-12,14H2,1-6H3,(H,33,38)(H,32,34,41)/b35-20-/t21-,25-,48?/m1/s1. The number of β-lactam (4-membered cyclic amide) rings is 1. The first-order chi connectivity index (χ1) is 22.6. The van der Waals surface area contributed by atoms with E-state index < -0.39 is 63.0 Å². The number of halogens is 1. The Morgan fingerprint density at radius 1 is 1.19 bits per heavy atom. The van der Waals surface area contributed by atoms with E-state index in [1.165, 1.54) is 26.3 Å². The van der Waals surface area contributed by atoms with Crippen LogP contribution >= 0.6 is 33.9 Å². The van der Waals surface area contributed by atoms with E-state index in [0.717, 1.165) is 16.2 Å². The summed E-state index contributed by atoms with van der Waals surface area (Å²) in [6.45, 7) is 7.83. The number of ether oxygens (including phenoxy) is 3. The zero-order valence-electron chi connectivity index (χ0n) is 26.9. The van der Waals surface area contributed by atoms with E-state index in [4.69, 9.17) is 19.0 Å². The highest BCUT2D eigenvalue weighted by Crippen LogP contribution is 2.36. The molecule has 0 spiro atoms. The Labute approximate surface area is 296 Å². The Kier molecular flexibility index (Phi) is 11.6. The van der Waals surface area contributed by atoms with Gasteiger partial charge in [-0.05, 0) is 57.9 Å². The number of hydrogen-bond acceptors (Lipinski definition) is 13. The SMILES string of the molecule is COc1ccc(COC(=O)C2=C(CI)CS(=O)[C@@H]3[C@H](NC(=O)/C(=N\OC(C)(C)C=O)c4csc(NC(=O)OC(C)(C)C)n4)C(=O)N23)cc1. The van der Waals surface area contributed by atoms with Gasteiger partial charge in [-0.2, -0.15) is 0 Å². The van der Waals surface area contributed by atoms with Crippen LogP contribution < -0.4 is 15.4 Å². The molecular weight excluding hydrogens is 781 g/mol. The number of benzene rings is 1. The number of alkyl halides is 1. The molecule has 2 N–H and O–H groups in total. The summed E-state index contributed by atoms with van der Waals surface area (Å²) in [5.74, 6) is -1.76. The van der Waals surface area contributed by atoms with E-state index in [-0.39, 0.29) is 28.9 Å². The van der Waals surface area contributed by atoms with Crippen molar-refractivity contribution in [2.24, 2.45) is 5.16 Å². The number of aldehydes is 1. The van der Waals surface area contributed by atoms with Crippen LogP contribution in [0.2, 0.25) is 0 Å². The molecule has 1 saturated heterocycles. The number of rotatable bonds is 12. The molecule has 3 heterocycles. The van der Waals surface area contributed by atoms with Crippen molar-refractivity contribution in [3.8, 4) is 5.75 Å². The minimum absolute atomic E-state index is 0.0136. The summed E-state index contributed by atoms with van der Waals surface area (Å²) in [5, 5.41) is 9.27. The van der Waals surface area contributed by atoms with Gasteiger partial charge in [0.15, 0.2) is 22.7 Å². The predicted molar refractivity (Wildman–Crippen MR) is 184 cm³/mol. The lowest BCUT2D eigenvalue weighted by Gasteiger charge is -2.49. The van der Waals surface area contributed by atoms with E-state index in [9.17, 15) is 28.2 Å². The van der Waals surface area contributed by atoms with E-state index in [0.29, 0.717) is 27.6 Å². The fraction of sp³-hybridized carbons (Fsp3) is 0.433. The van der Waals surface area contributed by atoms with Crippen LogP contribution in [-0.2, 0) is 50.9 Å². The molecule has 0 radical (unpaired) electrons. The summed E-state index contributed by atoms with van der Waals surface area (Å²) < 4.78 is 29.5. The van der Waals surface area contributed by atoms with Gasteiger partial charge in [0.25, 0.3) is 11.8 Å². The Balaban J connectivity index is 1.53. The molecule has 1 fully saturated rings. The van der Waals surface area contributed by atoms with Crippen molar-refractivity contribution in [3.05, 3.63) is 52.2 Å². The van der Waals surface area contributed by atoms with Gasteiger partial charge in [0.2, 0.25) is 0 Å². The molecule has 1 unspecified atom stereocenters. The second-order valence-corrected chi connectivity index (χ2v) is 15.2. The molecule has 0 aliphatic carbocycles. The molecular formula is C30H34IN5O10S2. The Morgan fingerprint density at radius 3 is 2.48 bits per heavy atom. The molecule has 3 amide bonds. The van der Waals surface area contributed by atoms with Gasteiger partial charge in [-0.3, -0.25) is 28.8 Å². The summed E-state index contributed by atoms with van der Waals surface area (Å²) in [6.07, 6.45) is -0.297. The number of hydrogen-bond donors (Lipinski definition) is 2. The van der Waals surface area contributed by atoms with Crippen molar-refractivity contribution < 1.29 is 47.2 Å². The average molecular weight is 816 g/mol. The number of fused-ring (bicyclic) bond motifs is 1. The lowest BCUT2D eigenvalue weighted by Crippen LogP contribution is -2.74. The molecule has 2 aliphatic heterocycles. The maximum Gasteiger partial charge on any atom is 0.413 e. The largest absolute Gasteiger partial charge is 0.497 e. The summed E-state index contributed by atoms with van der Waals surface area (Å²) in [4.78, 5) is 74.7. The second-order valence-electron chi connectivity index (χ2n) is 12.0. The van der Waals surface area contributed by atoms with Gasteiger partial charge in [-0.25, -0.2) is 14.6 Å². The third-order valence-corrected chi connectivity index (χ3v) is 9.93. The molecule has 2 aliphatic rings. The highest BCUT2D eigenvalue weighted by Gasteiger charge is 2.57. The van der Waals surface area contributed by atoms with Crippen LogP contribution in [0.3, 0.4) is 0 Å². The van der Waals surface area contributed by atoms with Gasteiger partial charge in [-0.15, -0.1) is 11.3 Å². The van der Waals surface area contributed by atoms with Gasteiger partial charge in [0.05, 0.1) is 23.7 Å². The molecule has 15 nitrogen and oxygen atoms in total. The highest BCUT2D eigenvalue weighted by molar-refractivity contribution is 14.1. The number of oxime groups is 1. The third kappa shape index (κ3) is 8.76. The lowest BCUT2D eigenvalue weighted by molar-refractivity contribution is -0.153. The monoisotopic (exact) mass is 815 g/mol. The fourth-order valence-corrected chi connectivity index (χ4v) is 7.68. The van der Waals surface area contributed by atoms with E-state index in [1.807, 2.05) is 22.6 Å². The van der Waals surface area contributed by atoms with Gasteiger partial charge in [0, 0.05) is 9.81 Å². The predicted octanol–water partition coefficient (Wildman–Crippen LogP) is 3.04. The molecule has 2 aromatic rings. The lowest BCUT2D eigenvalue weighted by atomic mass is 10.0. The Morgan fingerprint density at radius 2 is 1.88 bits per heavy atom. The number of esters is 1. The quantitative estimate of drug-likeness (QED) is 0.0609. The number of anilines is 1. The Hall–Kier alpha value is -3.91. The summed E-state index contributed by atoms with van der Waals surface area (Å²) in [7, 11) is -0.146. The maximum absolute atomic E-state index is 13.6. The summed E-state index contributed by atoms with van der Waals surface area (Å²) >= 11 is 2.98. The Bertz CT molecular complexity index is 1680. The summed E-state index contributed by atoms with van der Waals surface area (Å²) in [6, 6.07) is 5.61. The molecule has 18 heteroatoms. The van der Waals surface area contributed by atoms with Crippen molar-refractivity contribution in [2.75, 3.05) is 22.6 Å². The molecule has 1 aromatic heterocycles. The van der Waals surface area contributed by atoms with Gasteiger partial charge >= 0.3 is 12.1 Å². The number of carbonyl (C=O) groups is 5. The topological polar surface area (TPSA) is 192 Å². The van der Waals surface area contributed by atoms with Crippen LogP contribution in [0.5, 0.6) is 5.75 Å². The number of aromatic nitrogens is 1. The first kappa shape index (κ1) is 36.9. The van der Waals surface area contributed by atoms with Crippen LogP contribution in [0.1, 0.15) is 45.9 Å². The van der Waals surface area contributed by atoms with Gasteiger partial charge < -0.3 is 24.4 Å². The zero-order valence-corrected chi connectivity index (χ0v) is 30.6. The normalized spacial score (nSPS) is 19.5. The first-order valence-corrected chi connectivity index (χ1v) is 18.1. The molecule has 0 saturated carbocycles.